The predicted octanol–water partition coefficient (Wildman–Crippen LogP) is 4.24. The van der Waals surface area contributed by atoms with Crippen LogP contribution >= 0.6 is 0 Å². The number of fused-ring (bicyclic) bond motifs is 1. The van der Waals surface area contributed by atoms with Gasteiger partial charge < -0.3 is 20.1 Å². The van der Waals surface area contributed by atoms with E-state index in [-0.39, 0.29) is 29.3 Å². The van der Waals surface area contributed by atoms with E-state index in [1.54, 1.807) is 6.07 Å². The molecule has 4 atom stereocenters. The number of rotatable bonds is 9. The highest BCUT2D eigenvalue weighted by Gasteiger charge is 2.51. The summed E-state index contributed by atoms with van der Waals surface area (Å²) in [5, 5.41) is 14.5. The van der Waals surface area contributed by atoms with Crippen LogP contribution in [0.15, 0.2) is 54.6 Å². The number of nitrogens with one attached hydrogen (secondary N) is 1. The molecule has 1 unspecified atom stereocenters. The first-order valence-corrected chi connectivity index (χ1v) is 13.3. The van der Waals surface area contributed by atoms with E-state index in [1.807, 2.05) is 18.2 Å². The lowest BCUT2D eigenvalue weighted by Crippen LogP contribution is -2.60. The van der Waals surface area contributed by atoms with Gasteiger partial charge in [0, 0.05) is 37.3 Å². The molecule has 4 rings (SSSR count). The minimum atomic E-state index is -0.505. The van der Waals surface area contributed by atoms with Crippen LogP contribution in [0.5, 0.6) is 5.75 Å². The molecule has 1 saturated heterocycles. The number of piperidine rings is 1. The number of nitrogens with zero attached hydrogens (tertiary/aromatic N) is 1. The molecule has 1 saturated carbocycles. The van der Waals surface area contributed by atoms with Gasteiger partial charge in [-0.05, 0) is 75.4 Å². The number of hydrogen-bond acceptors (Lipinski definition) is 5. The van der Waals surface area contributed by atoms with Gasteiger partial charge in [0.25, 0.3) is 0 Å². The first kappa shape index (κ1) is 26.4. The average molecular weight is 493 g/mol. The monoisotopic (exact) mass is 492 g/mol. The quantitative estimate of drug-likeness (QED) is 0.311. The van der Waals surface area contributed by atoms with Gasteiger partial charge in [0.15, 0.2) is 0 Å². The molecular formula is C30H40N2O4. The van der Waals surface area contributed by atoms with E-state index in [1.165, 1.54) is 12.5 Å². The zero-order valence-corrected chi connectivity index (χ0v) is 21.6. The third-order valence-corrected chi connectivity index (χ3v) is 8.01. The van der Waals surface area contributed by atoms with Crippen molar-refractivity contribution in [2.45, 2.75) is 75.9 Å². The average Bonchev–Trinajstić information content (AvgIpc) is 2.85. The second-order valence-electron chi connectivity index (χ2n) is 10.7. The molecule has 194 valence electrons. The van der Waals surface area contributed by atoms with E-state index in [0.717, 1.165) is 57.2 Å². The van der Waals surface area contributed by atoms with Gasteiger partial charge in [-0.3, -0.25) is 9.59 Å². The van der Waals surface area contributed by atoms with Crippen molar-refractivity contribution >= 4 is 11.9 Å². The van der Waals surface area contributed by atoms with Gasteiger partial charge in [0.05, 0.1) is 6.10 Å². The van der Waals surface area contributed by atoms with Gasteiger partial charge in [-0.2, -0.15) is 0 Å². The lowest BCUT2D eigenvalue weighted by Gasteiger charge is -2.54. The number of carbonyl (C=O) groups excluding carboxylic acids is 2. The number of esters is 1. The minimum Gasteiger partial charge on any atom is -0.427 e. The summed E-state index contributed by atoms with van der Waals surface area (Å²) in [4.78, 5) is 26.6. The normalized spacial score (nSPS) is 26.1. The number of likely N-dealkylation sites (tertiary alicyclic amines) is 1. The maximum atomic E-state index is 12.8. The van der Waals surface area contributed by atoms with Crippen LogP contribution in [0.4, 0.5) is 0 Å². The Balaban J connectivity index is 1.38. The zero-order chi connectivity index (χ0) is 25.5. The molecule has 1 heterocycles. The maximum absolute atomic E-state index is 12.8. The van der Waals surface area contributed by atoms with Crippen molar-refractivity contribution in [2.24, 2.45) is 5.92 Å². The number of amides is 1. The number of aryl methyl sites for hydroxylation is 1. The number of benzene rings is 2. The van der Waals surface area contributed by atoms with Gasteiger partial charge in [-0.1, -0.05) is 48.9 Å². The van der Waals surface area contributed by atoms with Crippen LogP contribution in [0.3, 0.4) is 0 Å². The molecule has 2 aliphatic rings. The molecule has 1 aliphatic carbocycles. The van der Waals surface area contributed by atoms with Crippen molar-refractivity contribution in [3.05, 3.63) is 65.7 Å². The Hall–Kier alpha value is -2.70. The van der Waals surface area contributed by atoms with Crippen molar-refractivity contribution in [2.75, 3.05) is 20.1 Å². The van der Waals surface area contributed by atoms with Crippen molar-refractivity contribution in [3.63, 3.8) is 0 Å². The summed E-state index contributed by atoms with van der Waals surface area (Å²) < 4.78 is 5.37. The number of aliphatic hydroxyl groups is 1. The van der Waals surface area contributed by atoms with E-state index in [2.05, 4.69) is 47.6 Å². The molecule has 6 heteroatoms. The highest BCUT2D eigenvalue weighted by Crippen LogP contribution is 2.49. The summed E-state index contributed by atoms with van der Waals surface area (Å²) in [5.74, 6) is 0.322. The maximum Gasteiger partial charge on any atom is 0.308 e. The van der Waals surface area contributed by atoms with E-state index in [9.17, 15) is 14.7 Å². The third-order valence-electron chi connectivity index (χ3n) is 8.01. The first-order valence-electron chi connectivity index (χ1n) is 13.3. The molecule has 6 nitrogen and oxygen atoms in total. The van der Waals surface area contributed by atoms with Crippen LogP contribution in [0, 0.1) is 5.92 Å². The number of hydrogen-bond donors (Lipinski definition) is 2. The summed E-state index contributed by atoms with van der Waals surface area (Å²) in [5.41, 5.74) is 2.15. The molecule has 2 N–H and O–H groups in total. The number of carbonyl (C=O) groups is 2. The van der Waals surface area contributed by atoms with Gasteiger partial charge in [-0.25, -0.2) is 0 Å². The Morgan fingerprint density at radius 1 is 1.11 bits per heavy atom. The second-order valence-corrected chi connectivity index (χ2v) is 10.7. The van der Waals surface area contributed by atoms with E-state index < -0.39 is 6.10 Å². The minimum absolute atomic E-state index is 0.0648. The van der Waals surface area contributed by atoms with Crippen molar-refractivity contribution in [1.29, 1.82) is 0 Å². The molecule has 2 aromatic carbocycles. The molecule has 1 amide bonds. The van der Waals surface area contributed by atoms with E-state index >= 15 is 0 Å². The number of aliphatic hydroxyl groups excluding tert-OH is 1. The molecular weight excluding hydrogens is 452 g/mol. The summed E-state index contributed by atoms with van der Waals surface area (Å²) in [6.45, 7) is 3.13. The standard InChI is InChI=1S/C30H40N2O4/c1-22(33)36-26-14-9-13-24(18-26)30-16-17-32(2)21-27(30)28(34)19-25(20-30)31-29(35)15-8-4-7-12-23-10-5-3-6-11-23/h3,5-6,9-11,13-14,18,25,27-28,34H,4,7-8,12,15-17,19-21H2,1-2H3,(H,31,35)/t25-,27+,28?,30+/m1/s1. The SMILES string of the molecule is CC(=O)Oc1cccc([C@@]23CCN(C)C[C@H]2C(O)C[C@@H](NC(=O)CCCCCc2ccccc2)C3)c1. The lowest BCUT2D eigenvalue weighted by atomic mass is 9.57. The van der Waals surface area contributed by atoms with Crippen LogP contribution in [0.2, 0.25) is 0 Å². The molecule has 0 radical (unpaired) electrons. The summed E-state index contributed by atoms with van der Waals surface area (Å²) in [6.07, 6.45) is 6.28. The van der Waals surface area contributed by atoms with Crippen LogP contribution in [0.1, 0.15) is 63.0 Å². The fourth-order valence-electron chi connectivity index (χ4n) is 6.26. The number of ether oxygens (including phenoxy) is 1. The van der Waals surface area contributed by atoms with Crippen molar-refractivity contribution < 1.29 is 19.4 Å². The fourth-order valence-corrected chi connectivity index (χ4v) is 6.26. The highest BCUT2D eigenvalue weighted by atomic mass is 16.5. The lowest BCUT2D eigenvalue weighted by molar-refractivity contribution is -0.132. The second kappa shape index (κ2) is 12.0. The predicted molar refractivity (Wildman–Crippen MR) is 141 cm³/mol. The van der Waals surface area contributed by atoms with Gasteiger partial charge >= 0.3 is 5.97 Å². The van der Waals surface area contributed by atoms with Crippen LogP contribution in [-0.2, 0) is 21.4 Å². The first-order chi connectivity index (χ1) is 17.4. The Labute approximate surface area is 215 Å². The molecule has 2 fully saturated rings. The van der Waals surface area contributed by atoms with Crippen LogP contribution in [-0.4, -0.2) is 54.2 Å². The molecule has 2 aromatic rings. The Kier molecular flexibility index (Phi) is 8.81. The fraction of sp³-hybridized carbons (Fsp3) is 0.533. The molecule has 1 aliphatic heterocycles. The molecule has 0 spiro atoms. The largest absolute Gasteiger partial charge is 0.427 e. The molecule has 0 bridgehead atoms. The third kappa shape index (κ3) is 6.54. The van der Waals surface area contributed by atoms with Gasteiger partial charge in [0.1, 0.15) is 5.75 Å². The number of unbranched alkanes of at least 4 members (excludes halogenated alkanes) is 2. The summed E-state index contributed by atoms with van der Waals surface area (Å²) >= 11 is 0. The van der Waals surface area contributed by atoms with Gasteiger partial charge in [0.2, 0.25) is 5.91 Å². The highest BCUT2D eigenvalue weighted by molar-refractivity contribution is 5.76. The molecule has 36 heavy (non-hydrogen) atoms. The van der Waals surface area contributed by atoms with Crippen LogP contribution < -0.4 is 10.1 Å². The van der Waals surface area contributed by atoms with Gasteiger partial charge in [-0.15, -0.1) is 0 Å². The zero-order valence-electron chi connectivity index (χ0n) is 21.6. The summed E-state index contributed by atoms with van der Waals surface area (Å²) in [7, 11) is 2.09. The van der Waals surface area contributed by atoms with E-state index in [4.69, 9.17) is 4.74 Å². The van der Waals surface area contributed by atoms with Crippen LogP contribution in [0.25, 0.3) is 0 Å². The Morgan fingerprint density at radius 2 is 1.92 bits per heavy atom. The Morgan fingerprint density at radius 3 is 2.69 bits per heavy atom. The smallest absolute Gasteiger partial charge is 0.308 e. The van der Waals surface area contributed by atoms with Crippen molar-refractivity contribution in [3.8, 4) is 5.75 Å². The molecule has 0 aromatic heterocycles. The topological polar surface area (TPSA) is 78.9 Å². The summed E-state index contributed by atoms with van der Waals surface area (Å²) in [6, 6.07) is 18.1. The van der Waals surface area contributed by atoms with E-state index in [0.29, 0.717) is 18.6 Å². The van der Waals surface area contributed by atoms with Crippen molar-refractivity contribution in [1.82, 2.24) is 10.2 Å². The Bertz CT molecular complexity index is 1030.